The summed E-state index contributed by atoms with van der Waals surface area (Å²) in [4.78, 5) is 12.9. The zero-order valence-corrected chi connectivity index (χ0v) is 31.6. The van der Waals surface area contributed by atoms with Crippen molar-refractivity contribution >= 4 is 5.78 Å². The Morgan fingerprint density at radius 3 is 1.42 bits per heavy atom. The van der Waals surface area contributed by atoms with Crippen LogP contribution in [0.4, 0.5) is 0 Å². The number of carbonyl (C=O) groups is 1. The second kappa shape index (κ2) is 17.4. The highest BCUT2D eigenvalue weighted by Crippen LogP contribution is 2.39. The van der Waals surface area contributed by atoms with Crippen molar-refractivity contribution in [3.8, 4) is 11.5 Å². The largest absolute Gasteiger partial charge is 0.491 e. The molecule has 1 atom stereocenters. The molecular weight excluding hydrogens is 616 g/mol. The Bertz CT molecular complexity index is 1340. The van der Waals surface area contributed by atoms with E-state index in [2.05, 4.69) is 0 Å². The van der Waals surface area contributed by atoms with Gasteiger partial charge >= 0.3 is 0 Å². The molecule has 272 valence electrons. The molecule has 0 aliphatic heterocycles. The summed E-state index contributed by atoms with van der Waals surface area (Å²) in [6, 6.07) is 0. The van der Waals surface area contributed by atoms with Crippen LogP contribution in [-0.4, -0.2) is 98.1 Å². The van der Waals surface area contributed by atoms with Crippen molar-refractivity contribution in [2.75, 3.05) is 60.0 Å². The molecule has 2 aromatic rings. The average molecular weight is 677 g/mol. The quantitative estimate of drug-likeness (QED) is 0.0969. The van der Waals surface area contributed by atoms with E-state index in [4.69, 9.17) is 33.5 Å². The molecule has 10 heteroatoms. The molecule has 0 aliphatic rings. The van der Waals surface area contributed by atoms with Crippen LogP contribution in [0.5, 0.6) is 11.5 Å². The van der Waals surface area contributed by atoms with Gasteiger partial charge in [0.15, 0.2) is 5.78 Å². The molecule has 10 nitrogen and oxygen atoms in total. The molecule has 0 spiro atoms. The van der Waals surface area contributed by atoms with E-state index in [1.54, 1.807) is 13.8 Å². The van der Waals surface area contributed by atoms with Gasteiger partial charge in [0.25, 0.3) is 0 Å². The molecule has 48 heavy (non-hydrogen) atoms. The van der Waals surface area contributed by atoms with Crippen molar-refractivity contribution in [1.29, 1.82) is 0 Å². The van der Waals surface area contributed by atoms with Gasteiger partial charge in [0, 0.05) is 19.1 Å². The first-order valence-electron chi connectivity index (χ1n) is 16.7. The molecule has 0 aliphatic carbocycles. The lowest BCUT2D eigenvalue weighted by atomic mass is 9.84. The normalized spacial score (nSPS) is 13.5. The Kier molecular flexibility index (Phi) is 15.1. The number of aliphatic hydroxyl groups is 3. The number of ketones is 1. The second-order valence-electron chi connectivity index (χ2n) is 13.6. The molecule has 1 unspecified atom stereocenters. The van der Waals surface area contributed by atoms with Gasteiger partial charge in [0.05, 0.1) is 39.6 Å². The lowest BCUT2D eigenvalue weighted by Gasteiger charge is -2.42. The number of methoxy groups -OCH3 is 1. The number of benzene rings is 2. The molecule has 0 aromatic heterocycles. The van der Waals surface area contributed by atoms with E-state index in [9.17, 15) is 15.0 Å². The number of carbonyl (C=O) groups excluding carboxylic acids is 1. The zero-order chi connectivity index (χ0) is 36.6. The van der Waals surface area contributed by atoms with Crippen molar-refractivity contribution in [2.24, 2.45) is 0 Å². The standard InChI is InChI=1S/C38H60O10/c1-23-27(5)33(46-19-16-44-15-14-39)28(6)24(2)31(23)22-38(43-13,37(11,12)42)48-21-18-45-17-20-47-34-29(7)25(3)32(26(4)30(34)8)35(40)36(9,10)41/h39,41-42H,14-22H2,1-13H3. The predicted octanol–water partition coefficient (Wildman–Crippen LogP) is 5.26. The average Bonchev–Trinajstić information content (AvgIpc) is 3.01. The highest BCUT2D eigenvalue weighted by Gasteiger charge is 2.46. The van der Waals surface area contributed by atoms with Gasteiger partial charge in [-0.25, -0.2) is 0 Å². The maximum atomic E-state index is 12.9. The molecule has 0 heterocycles. The topological polar surface area (TPSA) is 133 Å². The number of ether oxygens (including phenoxy) is 6. The van der Waals surface area contributed by atoms with Crippen LogP contribution in [0, 0.1) is 55.4 Å². The van der Waals surface area contributed by atoms with E-state index in [-0.39, 0.29) is 32.2 Å². The minimum absolute atomic E-state index is 0.0269. The highest BCUT2D eigenvalue weighted by atomic mass is 16.7. The van der Waals surface area contributed by atoms with Crippen LogP contribution in [0.2, 0.25) is 0 Å². The molecule has 2 rings (SSSR count). The molecule has 0 bridgehead atoms. The molecule has 0 saturated heterocycles. The maximum absolute atomic E-state index is 12.9. The number of Topliss-reactive ketones (excluding diaryl/α,β-unsaturated/α-hetero) is 1. The first kappa shape index (κ1) is 41.6. The van der Waals surface area contributed by atoms with E-state index in [0.29, 0.717) is 44.2 Å². The monoisotopic (exact) mass is 676 g/mol. The molecule has 0 amide bonds. The number of aliphatic hydroxyl groups excluding tert-OH is 1. The first-order valence-corrected chi connectivity index (χ1v) is 16.7. The molecule has 0 fully saturated rings. The number of hydrogen-bond acceptors (Lipinski definition) is 10. The van der Waals surface area contributed by atoms with E-state index < -0.39 is 17.0 Å². The summed E-state index contributed by atoms with van der Waals surface area (Å²) in [7, 11) is 1.54. The van der Waals surface area contributed by atoms with Crippen LogP contribution in [0.1, 0.15) is 88.1 Å². The Labute approximate surface area is 287 Å². The highest BCUT2D eigenvalue weighted by molar-refractivity contribution is 6.04. The lowest BCUT2D eigenvalue weighted by Crippen LogP contribution is -2.56. The summed E-state index contributed by atoms with van der Waals surface area (Å²) < 4.78 is 35.7. The summed E-state index contributed by atoms with van der Waals surface area (Å²) >= 11 is 0. The van der Waals surface area contributed by atoms with Gasteiger partial charge in [-0.3, -0.25) is 4.79 Å². The zero-order valence-electron chi connectivity index (χ0n) is 31.6. The van der Waals surface area contributed by atoms with Gasteiger partial charge in [0.1, 0.15) is 35.9 Å². The van der Waals surface area contributed by atoms with Crippen molar-refractivity contribution in [1.82, 2.24) is 0 Å². The first-order chi connectivity index (χ1) is 22.3. The molecule has 2 aromatic carbocycles. The minimum atomic E-state index is -1.47. The summed E-state index contributed by atoms with van der Waals surface area (Å²) in [5.41, 5.74) is 6.06. The molecule has 0 saturated carbocycles. The van der Waals surface area contributed by atoms with Crippen LogP contribution in [0.25, 0.3) is 0 Å². The van der Waals surface area contributed by atoms with Crippen LogP contribution < -0.4 is 9.47 Å². The fourth-order valence-corrected chi connectivity index (χ4v) is 5.98. The van der Waals surface area contributed by atoms with Gasteiger partial charge in [-0.05, 0) is 133 Å². The van der Waals surface area contributed by atoms with Gasteiger partial charge in [0.2, 0.25) is 5.79 Å². The Balaban J connectivity index is 2.10. The summed E-state index contributed by atoms with van der Waals surface area (Å²) in [6.07, 6.45) is 0.304. The SMILES string of the molecule is COC(Cc1c(C)c(C)c(OCCOCCO)c(C)c1C)(OCCOCCOc1c(C)c(C)c(C(=O)C(C)(C)O)c(C)c1C)C(C)(C)O. The molecular formula is C38H60O10. The van der Waals surface area contributed by atoms with Gasteiger partial charge in [-0.15, -0.1) is 0 Å². The summed E-state index contributed by atoms with van der Waals surface area (Å²) in [5.74, 6) is -0.151. The molecule has 3 N–H and O–H groups in total. The fourth-order valence-electron chi connectivity index (χ4n) is 5.98. The van der Waals surface area contributed by atoms with Crippen molar-refractivity contribution < 1.29 is 48.5 Å². The minimum Gasteiger partial charge on any atom is -0.491 e. The third-order valence-electron chi connectivity index (χ3n) is 9.47. The molecule has 0 radical (unpaired) electrons. The Morgan fingerprint density at radius 1 is 0.604 bits per heavy atom. The van der Waals surface area contributed by atoms with Crippen LogP contribution in [-0.2, 0) is 25.4 Å². The summed E-state index contributed by atoms with van der Waals surface area (Å²) in [5, 5.41) is 30.6. The van der Waals surface area contributed by atoms with Crippen LogP contribution >= 0.6 is 0 Å². The Hall–Kier alpha value is -2.57. The van der Waals surface area contributed by atoms with E-state index in [0.717, 1.165) is 55.8 Å². The van der Waals surface area contributed by atoms with E-state index >= 15 is 0 Å². The predicted molar refractivity (Wildman–Crippen MR) is 187 cm³/mol. The fraction of sp³-hybridized carbons (Fsp3) is 0.658. The smallest absolute Gasteiger partial charge is 0.200 e. The van der Waals surface area contributed by atoms with Crippen molar-refractivity contribution in [3.05, 3.63) is 55.6 Å². The second-order valence-corrected chi connectivity index (χ2v) is 13.6. The Morgan fingerprint density at radius 2 is 1.02 bits per heavy atom. The maximum Gasteiger partial charge on any atom is 0.200 e. The van der Waals surface area contributed by atoms with Gasteiger partial charge in [-0.2, -0.15) is 0 Å². The number of rotatable bonds is 20. The number of hydrogen-bond donors (Lipinski definition) is 3. The van der Waals surface area contributed by atoms with E-state index in [1.165, 1.54) is 21.0 Å². The van der Waals surface area contributed by atoms with Crippen molar-refractivity contribution in [3.63, 3.8) is 0 Å². The van der Waals surface area contributed by atoms with Crippen LogP contribution in [0.3, 0.4) is 0 Å². The van der Waals surface area contributed by atoms with Crippen LogP contribution in [0.15, 0.2) is 0 Å². The summed E-state index contributed by atoms with van der Waals surface area (Å²) in [6.45, 7) is 24.0. The third kappa shape index (κ3) is 9.56. The van der Waals surface area contributed by atoms with E-state index in [1.807, 2.05) is 55.4 Å². The van der Waals surface area contributed by atoms with Gasteiger partial charge in [-0.1, -0.05) is 0 Å². The third-order valence-corrected chi connectivity index (χ3v) is 9.47. The van der Waals surface area contributed by atoms with Crippen molar-refractivity contribution in [2.45, 2.75) is 106 Å². The van der Waals surface area contributed by atoms with Gasteiger partial charge < -0.3 is 43.7 Å². The lowest BCUT2D eigenvalue weighted by molar-refractivity contribution is -0.304.